The number of carbonyl (C=O) groups is 6. The molecule has 2 bridgehead atoms. The summed E-state index contributed by atoms with van der Waals surface area (Å²) in [5.74, 6) is -5.47. The zero-order valence-corrected chi connectivity index (χ0v) is 65.3. The molecular weight excluding hydrogens is 1440 g/mol. The van der Waals surface area contributed by atoms with Gasteiger partial charge in [-0.25, -0.2) is 4.79 Å². The minimum absolute atomic E-state index is 0. The number of thiophene rings is 2. The molecule has 8 fully saturated rings. The van der Waals surface area contributed by atoms with Crippen LogP contribution in [0.25, 0.3) is 21.9 Å². The van der Waals surface area contributed by atoms with Crippen LogP contribution >= 0.6 is 22.7 Å². The van der Waals surface area contributed by atoms with Gasteiger partial charge < -0.3 is 98.6 Å². The van der Waals surface area contributed by atoms with Crippen molar-refractivity contribution < 1.29 is 177 Å². The number of esters is 2. The van der Waals surface area contributed by atoms with Crippen molar-refractivity contribution >= 4 is 80.1 Å². The number of ketones is 2. The van der Waals surface area contributed by atoms with Gasteiger partial charge in [-0.3, -0.25) is 24.0 Å². The van der Waals surface area contributed by atoms with E-state index < -0.39 is 87.5 Å². The Labute approximate surface area is 650 Å². The molecule has 0 spiro atoms. The number of fused-ring (bicyclic) bond motifs is 14. The van der Waals surface area contributed by atoms with Crippen molar-refractivity contribution in [3.05, 3.63) is 149 Å². The second-order valence-electron chi connectivity index (χ2n) is 28.9. The van der Waals surface area contributed by atoms with E-state index in [0.29, 0.717) is 46.9 Å². The van der Waals surface area contributed by atoms with Gasteiger partial charge in [0.25, 0.3) is 0 Å². The average Bonchev–Trinajstić information content (AvgIpc) is 1.50. The number of aliphatic hydroxyl groups excluding tert-OH is 2. The van der Waals surface area contributed by atoms with Crippen LogP contribution in [-0.2, 0) is 48.5 Å². The van der Waals surface area contributed by atoms with E-state index in [1.54, 1.807) is 38.1 Å². The molecule has 2 aromatic carbocycles. The molecule has 14 atom stereocenters. The maximum atomic E-state index is 14.2. The number of allylic oxidation sites excluding steroid dienone is 4. The van der Waals surface area contributed by atoms with Crippen molar-refractivity contribution in [2.45, 2.75) is 165 Å². The minimum Gasteiger partial charge on any atom is -1.00 e. The predicted octanol–water partition coefficient (Wildman–Crippen LogP) is -2.49. The normalized spacial score (nSPS) is 29.8. The number of morpholine rings is 1. The molecule has 15 rings (SSSR count). The predicted molar refractivity (Wildman–Crippen MR) is 353 cm³/mol. The van der Waals surface area contributed by atoms with E-state index in [2.05, 4.69) is 27.9 Å². The number of carbonyl (C=O) groups excluding carboxylic acids is 6. The number of ether oxygens (including phenoxy) is 7. The molecule has 4 saturated heterocycles. The van der Waals surface area contributed by atoms with Crippen LogP contribution in [0, 0.1) is 40.4 Å². The Morgan fingerprint density at radius 2 is 1.32 bits per heavy atom. The summed E-state index contributed by atoms with van der Waals surface area (Å²) in [5.41, 5.74) is -4.31. The summed E-state index contributed by atoms with van der Waals surface area (Å²) in [6.07, 6.45) is 13.0. The first-order valence-electron chi connectivity index (χ1n) is 33.8. The molecule has 23 nitrogen and oxygen atoms in total. The van der Waals surface area contributed by atoms with Crippen molar-refractivity contribution in [2.75, 3.05) is 33.9 Å². The number of piperidine rings is 1. The number of hydrogen-bond donors (Lipinski definition) is 3. The van der Waals surface area contributed by atoms with Gasteiger partial charge in [-0.2, -0.15) is 0 Å². The first-order valence-corrected chi connectivity index (χ1v) is 35.6. The topological polar surface area (TPSA) is 338 Å². The summed E-state index contributed by atoms with van der Waals surface area (Å²) in [6.45, 7) is 6.79. The number of carboxylic acid groups (broad SMARTS) is 2. The Balaban J connectivity index is 0.000000165. The van der Waals surface area contributed by atoms with E-state index in [1.807, 2.05) is 29.0 Å². The smallest absolute Gasteiger partial charge is 1.00 e. The van der Waals surface area contributed by atoms with E-state index in [9.17, 15) is 63.9 Å². The summed E-state index contributed by atoms with van der Waals surface area (Å²) in [7, 11) is 4.49. The fourth-order valence-electron chi connectivity index (χ4n) is 17.7. The summed E-state index contributed by atoms with van der Waals surface area (Å²) in [5, 5.41) is 59.1. The van der Waals surface area contributed by atoms with E-state index in [4.69, 9.17) is 42.0 Å². The number of halogens is 1. The molecule has 534 valence electrons. The van der Waals surface area contributed by atoms with Gasteiger partial charge in [-0.1, -0.05) is 82.9 Å². The zero-order valence-electron chi connectivity index (χ0n) is 58.0. The second-order valence-corrected chi connectivity index (χ2v) is 30.8. The number of likely N-dealkylation sites (N-methyl/N-ethyl adjacent to an activating group) is 1. The third-order valence-electron chi connectivity index (χ3n) is 22.6. The summed E-state index contributed by atoms with van der Waals surface area (Å²) in [4.78, 5) is 99.6. The number of aromatic carboxylic acids is 2. The molecule has 0 radical (unpaired) electrons. The van der Waals surface area contributed by atoms with Gasteiger partial charge in [0.05, 0.1) is 42.0 Å². The van der Waals surface area contributed by atoms with Gasteiger partial charge in [-0.05, 0) is 110 Å². The van der Waals surface area contributed by atoms with Crippen molar-refractivity contribution in [3.63, 3.8) is 0 Å². The fraction of sp³-hybridized carbons (Fsp3) is 0.514. The van der Waals surface area contributed by atoms with Crippen LogP contribution in [0.5, 0.6) is 11.5 Å². The van der Waals surface area contributed by atoms with E-state index in [0.717, 1.165) is 73.6 Å². The van der Waals surface area contributed by atoms with Gasteiger partial charge in [0.15, 0.2) is 46.7 Å². The molecule has 4 saturated carbocycles. The molecule has 3 N–H and O–H groups in total. The van der Waals surface area contributed by atoms with Gasteiger partial charge in [0, 0.05) is 47.6 Å². The summed E-state index contributed by atoms with van der Waals surface area (Å²) < 4.78 is 52.9. The van der Waals surface area contributed by atoms with E-state index in [-0.39, 0.29) is 182 Å². The Morgan fingerprint density at radius 3 is 1.84 bits per heavy atom. The number of quaternary nitrogens is 1. The standard InChI is InChI=1S/C32H44O7.C23H16O11.C19H22NO4S2.BrH.2Na/c1-18(2)28(36)37-17-25(35)32-26(38-29(39-32)19-8-6-5-7-9-19)15-23-22-11-10-20-14-21(33)12-13-30(20,3)27(22)24(34)16-31(23,32)4;24-11(9-31-14-3-1-5-16-20(14)12(25)7-18(33-16)22(27)28)10-32-15-4-2-6-17-21(15)13(26)8-19(34-17)23(29)30;1-20(2)12-9-11(10-13(20)17-16(12)24-17)23-18(21)19(22,14-5-3-7-25-14)15-6-4-8-26-15;;;/h12-14,18-19,22-24,26-27,29,34H,5-11,15-17H2,1-4H3;1-8,11,24H,9-10H2,(H,27,28)(H,29,30);3-8,11-13,16-17,22H,9-10H2,1-2H3;1H;;/q;;+1;;2*+1/p-3/t22-,23-,24-,26+,27+,29+,30-,31-,32+;;11?,12-,13+,16-,17+;;;/m0...../s1. The van der Waals surface area contributed by atoms with Gasteiger partial charge in [0.1, 0.15) is 95.1 Å². The fourth-order valence-corrected chi connectivity index (χ4v) is 19.4. The summed E-state index contributed by atoms with van der Waals surface area (Å²) >= 11 is 2.74. The Morgan fingerprint density at radius 1 is 0.765 bits per heavy atom. The average molecular weight is 1530 g/mol. The van der Waals surface area contributed by atoms with Crippen LogP contribution in [0.15, 0.2) is 126 Å². The van der Waals surface area contributed by atoms with Crippen LogP contribution in [0.2, 0.25) is 0 Å². The van der Waals surface area contributed by atoms with Crippen LogP contribution in [-0.4, -0.2) is 150 Å². The molecule has 102 heavy (non-hydrogen) atoms. The number of hydrogen-bond acceptors (Lipinski definition) is 24. The first kappa shape index (κ1) is 79.3. The first-order chi connectivity index (χ1) is 47.2. The zero-order chi connectivity index (χ0) is 70.3. The van der Waals surface area contributed by atoms with Crippen molar-refractivity contribution in [1.29, 1.82) is 0 Å². The number of carboxylic acids is 2. The van der Waals surface area contributed by atoms with Gasteiger partial charge in [-0.15, -0.1) is 22.7 Å². The maximum Gasteiger partial charge on any atom is 1.00 e. The number of aliphatic hydroxyl groups is 3. The van der Waals surface area contributed by atoms with E-state index >= 15 is 0 Å². The van der Waals surface area contributed by atoms with Crippen LogP contribution < -0.4 is 107 Å². The largest absolute Gasteiger partial charge is 1.00 e. The second kappa shape index (κ2) is 31.3. The Hall–Kier alpha value is -5.24. The summed E-state index contributed by atoms with van der Waals surface area (Å²) in [6, 6.07) is 18.1. The van der Waals surface area contributed by atoms with Crippen molar-refractivity contribution in [2.24, 2.45) is 40.4 Å². The van der Waals surface area contributed by atoms with Crippen LogP contribution in [0.3, 0.4) is 0 Å². The van der Waals surface area contributed by atoms with Gasteiger partial charge in [0.2, 0.25) is 11.4 Å². The molecule has 28 heteroatoms. The van der Waals surface area contributed by atoms with Crippen molar-refractivity contribution in [1.82, 2.24) is 0 Å². The molecule has 5 aliphatic carbocycles. The van der Waals surface area contributed by atoms with Crippen molar-refractivity contribution in [3.8, 4) is 11.5 Å². The third kappa shape index (κ3) is 14.5. The molecule has 4 aromatic heterocycles. The van der Waals surface area contributed by atoms with Gasteiger partial charge >= 0.3 is 71.1 Å². The molecule has 4 aliphatic heterocycles. The Kier molecular flexibility index (Phi) is 24.3. The molecular formula is C74H80BrNNa2O22S2. The molecule has 1 unspecified atom stereocenters. The van der Waals surface area contributed by atoms with Crippen LogP contribution in [0.4, 0.5) is 0 Å². The maximum absolute atomic E-state index is 14.2. The third-order valence-corrected chi connectivity index (χ3v) is 24.5. The molecule has 8 heterocycles. The molecule has 6 aromatic rings. The quantitative estimate of drug-likeness (QED) is 0.0368. The van der Waals surface area contributed by atoms with E-state index in [1.165, 1.54) is 65.5 Å². The Bertz CT molecular complexity index is 4150. The molecule has 0 amide bonds. The SMILES string of the molecule is CC(C)C(=O)OCC(=O)[C@@]12O[C@H](C3CCCCC3)O[C@@H]1C[C@H]1[C@@H]3CCC4=CC(=O)C=C[C@]4(C)[C@H]3[C@@H](O)C[C@@]12C.C[N+]1(C)[C@@H]2CC(OC(=O)C(O)(c3cccs3)c3cccs3)C[C@H]1[C@@H]1O[C@@H]12.O=C([O-])c1cc(=O)c2c(OCC(O)COc3cccc4oc(C(=O)[O-])cc(=O)c34)cccc2o1.[Br-].[Na+].[Na+]. The number of benzene rings is 2. The monoisotopic (exact) mass is 1520 g/mol. The number of nitrogens with zero attached hydrogens (tertiary/aromatic N) is 1. The molecule has 9 aliphatic rings. The number of Topliss-reactive ketones (excluding diaryl/α,β-unsaturated/α-hetero) is 1. The minimum atomic E-state index is -1.72. The number of rotatable bonds is 17. The van der Waals surface area contributed by atoms with Crippen LogP contribution in [0.1, 0.15) is 129 Å². The number of epoxide rings is 1.